The van der Waals surface area contributed by atoms with Crippen molar-refractivity contribution in [3.63, 3.8) is 0 Å². The van der Waals surface area contributed by atoms with E-state index in [1.165, 1.54) is 37.3 Å². The van der Waals surface area contributed by atoms with E-state index in [0.717, 1.165) is 19.3 Å². The highest BCUT2D eigenvalue weighted by molar-refractivity contribution is 7.99. The Morgan fingerprint density at radius 2 is 2.15 bits per heavy atom. The topological polar surface area (TPSA) is 21.3 Å². The second-order valence-electron chi connectivity index (χ2n) is 3.39. The van der Waals surface area contributed by atoms with Gasteiger partial charge in [-0.05, 0) is 37.3 Å². The average molecular weight is 203 g/mol. The highest BCUT2D eigenvalue weighted by atomic mass is 32.2. The lowest BCUT2D eigenvalue weighted by atomic mass is 10.1. The molecule has 0 unspecified atom stereocenters. The molecular formula is C10H21NOS. The minimum absolute atomic E-state index is 0.723. The molecule has 78 valence electrons. The van der Waals surface area contributed by atoms with Crippen LogP contribution in [0.15, 0.2) is 0 Å². The largest absolute Gasteiger partial charge is 0.381 e. The standard InChI is InChI=1S/C10H21NOS/c1-2-13-9-3-6-11-10-4-7-12-8-5-10/h10-11H,2-9H2,1H3. The summed E-state index contributed by atoms with van der Waals surface area (Å²) in [5.41, 5.74) is 0. The first-order valence-corrected chi connectivity index (χ1v) is 6.48. The van der Waals surface area contributed by atoms with Crippen molar-refractivity contribution < 1.29 is 4.74 Å². The number of thioether (sulfide) groups is 1. The highest BCUT2D eigenvalue weighted by Gasteiger charge is 2.11. The molecule has 13 heavy (non-hydrogen) atoms. The Morgan fingerprint density at radius 1 is 1.38 bits per heavy atom. The molecule has 1 heterocycles. The first-order valence-electron chi connectivity index (χ1n) is 5.32. The van der Waals surface area contributed by atoms with Gasteiger partial charge in [0, 0.05) is 19.3 Å². The van der Waals surface area contributed by atoms with E-state index in [4.69, 9.17) is 4.74 Å². The Balaban J connectivity index is 1.86. The summed E-state index contributed by atoms with van der Waals surface area (Å²) in [4.78, 5) is 0. The van der Waals surface area contributed by atoms with Crippen LogP contribution in [-0.2, 0) is 4.74 Å². The molecule has 0 aromatic heterocycles. The third-order valence-corrected chi connectivity index (χ3v) is 3.31. The molecule has 1 aliphatic heterocycles. The minimum atomic E-state index is 0.723. The Morgan fingerprint density at radius 3 is 2.85 bits per heavy atom. The number of hydrogen-bond acceptors (Lipinski definition) is 3. The maximum atomic E-state index is 5.30. The summed E-state index contributed by atoms with van der Waals surface area (Å²) in [5.74, 6) is 2.55. The second kappa shape index (κ2) is 7.65. The maximum Gasteiger partial charge on any atom is 0.0480 e. The fourth-order valence-corrected chi connectivity index (χ4v) is 2.16. The van der Waals surface area contributed by atoms with Crippen molar-refractivity contribution in [3.8, 4) is 0 Å². The zero-order valence-corrected chi connectivity index (χ0v) is 9.37. The van der Waals surface area contributed by atoms with Crippen molar-refractivity contribution in [1.82, 2.24) is 5.32 Å². The van der Waals surface area contributed by atoms with Crippen LogP contribution in [0.3, 0.4) is 0 Å². The van der Waals surface area contributed by atoms with Gasteiger partial charge in [0.2, 0.25) is 0 Å². The monoisotopic (exact) mass is 203 g/mol. The lowest BCUT2D eigenvalue weighted by Crippen LogP contribution is -2.35. The van der Waals surface area contributed by atoms with E-state index in [0.29, 0.717) is 0 Å². The van der Waals surface area contributed by atoms with Crippen LogP contribution < -0.4 is 5.32 Å². The van der Waals surface area contributed by atoms with Crippen LogP contribution in [0.5, 0.6) is 0 Å². The van der Waals surface area contributed by atoms with Crippen LogP contribution in [0, 0.1) is 0 Å². The molecule has 0 atom stereocenters. The molecule has 2 nitrogen and oxygen atoms in total. The molecule has 1 rings (SSSR count). The predicted molar refractivity (Wildman–Crippen MR) is 59.5 cm³/mol. The van der Waals surface area contributed by atoms with E-state index in [9.17, 15) is 0 Å². The fourth-order valence-electron chi connectivity index (χ4n) is 1.53. The zero-order chi connectivity index (χ0) is 9.36. The van der Waals surface area contributed by atoms with E-state index in [1.807, 2.05) is 11.8 Å². The van der Waals surface area contributed by atoms with Gasteiger partial charge in [-0.15, -0.1) is 0 Å². The Hall–Kier alpha value is 0.270. The quantitative estimate of drug-likeness (QED) is 0.666. The van der Waals surface area contributed by atoms with E-state index in [2.05, 4.69) is 12.2 Å². The summed E-state index contributed by atoms with van der Waals surface area (Å²) in [7, 11) is 0. The Bertz CT molecular complexity index is 115. The van der Waals surface area contributed by atoms with Crippen LogP contribution in [-0.4, -0.2) is 37.3 Å². The molecule has 0 aromatic carbocycles. The first-order chi connectivity index (χ1) is 6.43. The number of rotatable bonds is 6. The van der Waals surface area contributed by atoms with Gasteiger partial charge in [-0.1, -0.05) is 6.92 Å². The summed E-state index contributed by atoms with van der Waals surface area (Å²) >= 11 is 2.03. The van der Waals surface area contributed by atoms with Crippen molar-refractivity contribution >= 4 is 11.8 Å². The lowest BCUT2D eigenvalue weighted by molar-refractivity contribution is 0.0781. The molecule has 1 fully saturated rings. The van der Waals surface area contributed by atoms with Crippen LogP contribution in [0.2, 0.25) is 0 Å². The predicted octanol–water partition coefficient (Wildman–Crippen LogP) is 1.90. The third-order valence-electron chi connectivity index (χ3n) is 2.32. The fraction of sp³-hybridized carbons (Fsp3) is 1.00. The zero-order valence-electron chi connectivity index (χ0n) is 8.55. The summed E-state index contributed by atoms with van der Waals surface area (Å²) < 4.78 is 5.30. The van der Waals surface area contributed by atoms with Gasteiger partial charge in [0.15, 0.2) is 0 Å². The molecule has 1 N–H and O–H groups in total. The summed E-state index contributed by atoms with van der Waals surface area (Å²) in [6, 6.07) is 0.723. The SMILES string of the molecule is CCSCCCNC1CCOCC1. The smallest absolute Gasteiger partial charge is 0.0480 e. The molecule has 0 radical (unpaired) electrons. The van der Waals surface area contributed by atoms with E-state index >= 15 is 0 Å². The van der Waals surface area contributed by atoms with Gasteiger partial charge >= 0.3 is 0 Å². The molecule has 0 amide bonds. The molecule has 0 bridgehead atoms. The summed E-state index contributed by atoms with van der Waals surface area (Å²) in [5, 5.41) is 3.59. The van der Waals surface area contributed by atoms with Crippen molar-refractivity contribution in [2.45, 2.75) is 32.2 Å². The van der Waals surface area contributed by atoms with Crippen molar-refractivity contribution in [3.05, 3.63) is 0 Å². The van der Waals surface area contributed by atoms with Crippen LogP contribution in [0.1, 0.15) is 26.2 Å². The van der Waals surface area contributed by atoms with Gasteiger partial charge in [-0.25, -0.2) is 0 Å². The molecule has 0 aromatic rings. The van der Waals surface area contributed by atoms with Crippen LogP contribution in [0.25, 0.3) is 0 Å². The second-order valence-corrected chi connectivity index (χ2v) is 4.79. The number of nitrogens with one attached hydrogen (secondary N) is 1. The normalized spacial score (nSPS) is 19.2. The molecule has 0 saturated carbocycles. The van der Waals surface area contributed by atoms with E-state index < -0.39 is 0 Å². The molecule has 0 spiro atoms. The molecule has 0 aliphatic carbocycles. The van der Waals surface area contributed by atoms with Gasteiger partial charge in [0.25, 0.3) is 0 Å². The van der Waals surface area contributed by atoms with Gasteiger partial charge in [-0.3, -0.25) is 0 Å². The molecule has 1 aliphatic rings. The maximum absolute atomic E-state index is 5.30. The van der Waals surface area contributed by atoms with Crippen LogP contribution in [0.4, 0.5) is 0 Å². The van der Waals surface area contributed by atoms with Gasteiger partial charge < -0.3 is 10.1 Å². The highest BCUT2D eigenvalue weighted by Crippen LogP contribution is 2.06. The average Bonchev–Trinajstić information content (AvgIpc) is 2.19. The Kier molecular flexibility index (Phi) is 6.68. The molecule has 3 heteroatoms. The minimum Gasteiger partial charge on any atom is -0.381 e. The van der Waals surface area contributed by atoms with Gasteiger partial charge in [-0.2, -0.15) is 11.8 Å². The molecular weight excluding hydrogens is 182 g/mol. The number of hydrogen-bond donors (Lipinski definition) is 1. The van der Waals surface area contributed by atoms with E-state index in [1.54, 1.807) is 0 Å². The third kappa shape index (κ3) is 5.55. The van der Waals surface area contributed by atoms with Crippen LogP contribution >= 0.6 is 11.8 Å². The summed E-state index contributed by atoms with van der Waals surface area (Å²) in [6.07, 6.45) is 3.69. The van der Waals surface area contributed by atoms with Gasteiger partial charge in [0.05, 0.1) is 0 Å². The van der Waals surface area contributed by atoms with Crippen molar-refractivity contribution in [2.75, 3.05) is 31.3 Å². The van der Waals surface area contributed by atoms with Crippen molar-refractivity contribution in [2.24, 2.45) is 0 Å². The lowest BCUT2D eigenvalue weighted by Gasteiger charge is -2.23. The van der Waals surface area contributed by atoms with Crippen molar-refractivity contribution in [1.29, 1.82) is 0 Å². The van der Waals surface area contributed by atoms with Gasteiger partial charge in [0.1, 0.15) is 0 Å². The molecule has 1 saturated heterocycles. The summed E-state index contributed by atoms with van der Waals surface area (Å²) in [6.45, 7) is 5.29. The van der Waals surface area contributed by atoms with E-state index in [-0.39, 0.29) is 0 Å². The first kappa shape index (κ1) is 11.3. The Labute approximate surface area is 85.8 Å². The number of ether oxygens (including phenoxy) is 1.